The molecule has 1 rings (SSSR count). The molecule has 0 heterocycles. The fourth-order valence-corrected chi connectivity index (χ4v) is 1.13. The van der Waals surface area contributed by atoms with Crippen molar-refractivity contribution in [2.45, 2.75) is 25.7 Å². The van der Waals surface area contributed by atoms with Crippen LogP contribution in [0.3, 0.4) is 0 Å². The molecule has 0 saturated heterocycles. The first-order valence-electron chi connectivity index (χ1n) is 3.16. The van der Waals surface area contributed by atoms with Gasteiger partial charge < -0.3 is 5.73 Å². The maximum absolute atomic E-state index is 12.4. The summed E-state index contributed by atoms with van der Waals surface area (Å²) in [6.45, 7) is 1.88. The molecule has 1 nitrogen and oxygen atoms in total. The van der Waals surface area contributed by atoms with Crippen molar-refractivity contribution in [1.29, 1.82) is 0 Å². The van der Waals surface area contributed by atoms with Crippen molar-refractivity contribution >= 4 is 0 Å². The second kappa shape index (κ2) is 1.66. The summed E-state index contributed by atoms with van der Waals surface area (Å²) in [5, 5.41) is 0. The minimum absolute atomic E-state index is 0.00694. The van der Waals surface area contributed by atoms with Gasteiger partial charge in [-0.05, 0) is 6.42 Å². The van der Waals surface area contributed by atoms with Crippen LogP contribution in [-0.2, 0) is 0 Å². The first-order chi connectivity index (χ1) is 4.08. The Hall–Kier alpha value is -0.180. The third-order valence-electron chi connectivity index (χ3n) is 2.28. The highest BCUT2D eigenvalue weighted by Crippen LogP contribution is 2.61. The lowest BCUT2D eigenvalue weighted by molar-refractivity contribution is 0.0651. The SMILES string of the molecule is CCC1(CN)CC1(F)F. The van der Waals surface area contributed by atoms with Crippen LogP contribution in [0, 0.1) is 5.41 Å². The lowest BCUT2D eigenvalue weighted by atomic mass is 10.0. The lowest BCUT2D eigenvalue weighted by Gasteiger charge is -2.08. The minimum atomic E-state index is -2.46. The van der Waals surface area contributed by atoms with Gasteiger partial charge in [0.2, 0.25) is 0 Å². The molecule has 1 fully saturated rings. The van der Waals surface area contributed by atoms with Crippen LogP contribution in [0.2, 0.25) is 0 Å². The van der Waals surface area contributed by atoms with Gasteiger partial charge in [0.15, 0.2) is 0 Å². The van der Waals surface area contributed by atoms with E-state index in [2.05, 4.69) is 0 Å². The average molecular weight is 135 g/mol. The molecule has 9 heavy (non-hydrogen) atoms. The molecule has 0 spiro atoms. The number of nitrogens with two attached hydrogens (primary N) is 1. The van der Waals surface area contributed by atoms with Crippen molar-refractivity contribution in [2.24, 2.45) is 11.1 Å². The summed E-state index contributed by atoms with van der Waals surface area (Å²) in [4.78, 5) is 0. The maximum Gasteiger partial charge on any atom is 0.255 e. The van der Waals surface area contributed by atoms with Crippen LogP contribution >= 0.6 is 0 Å². The fourth-order valence-electron chi connectivity index (χ4n) is 1.13. The molecule has 1 unspecified atom stereocenters. The van der Waals surface area contributed by atoms with E-state index in [-0.39, 0.29) is 13.0 Å². The summed E-state index contributed by atoms with van der Waals surface area (Å²) < 4.78 is 24.7. The van der Waals surface area contributed by atoms with E-state index in [9.17, 15) is 8.78 Å². The first kappa shape index (κ1) is 6.93. The third-order valence-corrected chi connectivity index (χ3v) is 2.28. The van der Waals surface area contributed by atoms with Crippen LogP contribution in [0.1, 0.15) is 19.8 Å². The normalized spacial score (nSPS) is 38.7. The van der Waals surface area contributed by atoms with Crippen molar-refractivity contribution in [3.8, 4) is 0 Å². The Morgan fingerprint density at radius 1 is 1.56 bits per heavy atom. The molecule has 0 aromatic carbocycles. The minimum Gasteiger partial charge on any atom is -0.330 e. The van der Waals surface area contributed by atoms with Gasteiger partial charge in [-0.3, -0.25) is 0 Å². The van der Waals surface area contributed by atoms with Crippen LogP contribution in [0.15, 0.2) is 0 Å². The summed E-state index contributed by atoms with van der Waals surface area (Å²) in [5.74, 6) is -2.46. The molecule has 1 saturated carbocycles. The van der Waals surface area contributed by atoms with E-state index in [1.807, 2.05) is 0 Å². The molecule has 3 heteroatoms. The van der Waals surface area contributed by atoms with E-state index < -0.39 is 11.3 Å². The van der Waals surface area contributed by atoms with E-state index in [0.717, 1.165) is 0 Å². The Morgan fingerprint density at radius 2 is 2.00 bits per heavy atom. The quantitative estimate of drug-likeness (QED) is 0.608. The number of hydrogen-bond donors (Lipinski definition) is 1. The van der Waals surface area contributed by atoms with Crippen LogP contribution in [0.25, 0.3) is 0 Å². The van der Waals surface area contributed by atoms with E-state index >= 15 is 0 Å². The van der Waals surface area contributed by atoms with Crippen LogP contribution in [0.4, 0.5) is 8.78 Å². The van der Waals surface area contributed by atoms with Crippen molar-refractivity contribution in [3.63, 3.8) is 0 Å². The van der Waals surface area contributed by atoms with Crippen molar-refractivity contribution in [3.05, 3.63) is 0 Å². The zero-order valence-corrected chi connectivity index (χ0v) is 5.45. The van der Waals surface area contributed by atoms with Crippen LogP contribution < -0.4 is 5.73 Å². The molecule has 0 bridgehead atoms. The van der Waals surface area contributed by atoms with Crippen molar-refractivity contribution < 1.29 is 8.78 Å². The third kappa shape index (κ3) is 0.748. The van der Waals surface area contributed by atoms with Crippen molar-refractivity contribution in [2.75, 3.05) is 6.54 Å². The van der Waals surface area contributed by atoms with E-state index in [1.54, 1.807) is 6.92 Å². The molecule has 0 radical (unpaired) electrons. The fraction of sp³-hybridized carbons (Fsp3) is 1.00. The largest absolute Gasteiger partial charge is 0.330 e. The highest BCUT2D eigenvalue weighted by Gasteiger charge is 2.68. The molecule has 1 aliphatic rings. The number of alkyl halides is 2. The summed E-state index contributed by atoms with van der Waals surface area (Å²) in [6, 6.07) is 0. The Balaban J connectivity index is 2.57. The molecule has 54 valence electrons. The second-order valence-corrected chi connectivity index (χ2v) is 2.72. The van der Waals surface area contributed by atoms with Gasteiger partial charge in [0.05, 0.1) is 5.41 Å². The van der Waals surface area contributed by atoms with Crippen LogP contribution in [-0.4, -0.2) is 12.5 Å². The summed E-state index contributed by atoms with van der Waals surface area (Å²) in [7, 11) is 0. The Morgan fingerprint density at radius 3 is 2.00 bits per heavy atom. The van der Waals surface area contributed by atoms with Gasteiger partial charge in [-0.25, -0.2) is 8.78 Å². The molecule has 1 aliphatic carbocycles. The topological polar surface area (TPSA) is 26.0 Å². The number of halogens is 2. The summed E-state index contributed by atoms with van der Waals surface area (Å²) in [6.07, 6.45) is 0.490. The average Bonchev–Trinajstić information content (AvgIpc) is 2.35. The number of rotatable bonds is 2. The van der Waals surface area contributed by atoms with E-state index in [0.29, 0.717) is 6.42 Å². The molecule has 1 atom stereocenters. The number of hydrogen-bond acceptors (Lipinski definition) is 1. The van der Waals surface area contributed by atoms with Gasteiger partial charge in [-0.1, -0.05) is 6.92 Å². The monoisotopic (exact) mass is 135 g/mol. The predicted molar refractivity (Wildman–Crippen MR) is 31.3 cm³/mol. The van der Waals surface area contributed by atoms with E-state index in [1.165, 1.54) is 0 Å². The summed E-state index contributed by atoms with van der Waals surface area (Å²) in [5.41, 5.74) is 4.35. The Kier molecular flexibility index (Phi) is 1.28. The van der Waals surface area contributed by atoms with Gasteiger partial charge in [0.1, 0.15) is 0 Å². The molecular formula is C6H11F2N. The highest BCUT2D eigenvalue weighted by atomic mass is 19.3. The standard InChI is InChI=1S/C6H11F2N/c1-2-5(4-9)3-6(5,7)8/h2-4,9H2,1H3. The zero-order valence-electron chi connectivity index (χ0n) is 5.45. The molecule has 2 N–H and O–H groups in total. The van der Waals surface area contributed by atoms with Gasteiger partial charge >= 0.3 is 0 Å². The van der Waals surface area contributed by atoms with Gasteiger partial charge in [-0.15, -0.1) is 0 Å². The molecule has 0 aromatic heterocycles. The molecule has 0 amide bonds. The lowest BCUT2D eigenvalue weighted by Crippen LogP contribution is -2.21. The Labute approximate surface area is 53.2 Å². The smallest absolute Gasteiger partial charge is 0.255 e. The summed E-state index contributed by atoms with van der Waals surface area (Å²) >= 11 is 0. The van der Waals surface area contributed by atoms with Crippen molar-refractivity contribution in [1.82, 2.24) is 0 Å². The molecule has 0 aromatic rings. The first-order valence-corrected chi connectivity index (χ1v) is 3.16. The van der Waals surface area contributed by atoms with Gasteiger partial charge in [0, 0.05) is 13.0 Å². The van der Waals surface area contributed by atoms with Crippen LogP contribution in [0.5, 0.6) is 0 Å². The molecular weight excluding hydrogens is 124 g/mol. The predicted octanol–water partition coefficient (Wildman–Crippen LogP) is 1.38. The van der Waals surface area contributed by atoms with Gasteiger partial charge in [-0.2, -0.15) is 0 Å². The zero-order chi connectivity index (χ0) is 7.12. The van der Waals surface area contributed by atoms with E-state index in [4.69, 9.17) is 5.73 Å². The highest BCUT2D eigenvalue weighted by molar-refractivity contribution is 5.09. The van der Waals surface area contributed by atoms with Gasteiger partial charge in [0.25, 0.3) is 5.92 Å². The molecule has 0 aliphatic heterocycles. The Bertz CT molecular complexity index is 118. The second-order valence-electron chi connectivity index (χ2n) is 2.72. The maximum atomic E-state index is 12.4.